The molecule has 0 saturated heterocycles. The third-order valence-electron chi connectivity index (χ3n) is 3.99. The van der Waals surface area contributed by atoms with Crippen molar-refractivity contribution in [1.82, 2.24) is 5.32 Å². The lowest BCUT2D eigenvalue weighted by Gasteiger charge is -2.23. The maximum absolute atomic E-state index is 12.2. The molecule has 1 rings (SSSR count). The normalized spacial score (nSPS) is 15.4. The quantitative estimate of drug-likeness (QED) is 0.737. The Hall–Kier alpha value is -1.39. The van der Waals surface area contributed by atoms with Crippen molar-refractivity contribution < 1.29 is 9.53 Å². The van der Waals surface area contributed by atoms with E-state index in [0.29, 0.717) is 19.1 Å². The van der Waals surface area contributed by atoms with Crippen molar-refractivity contribution in [2.75, 3.05) is 13.2 Å². The highest BCUT2D eigenvalue weighted by Crippen LogP contribution is 2.19. The van der Waals surface area contributed by atoms with Crippen LogP contribution in [-0.4, -0.2) is 25.2 Å². The highest BCUT2D eigenvalue weighted by molar-refractivity contribution is 5.79. The minimum Gasteiger partial charge on any atom is -0.378 e. The largest absolute Gasteiger partial charge is 0.378 e. The zero-order valence-corrected chi connectivity index (χ0v) is 14.2. The molecule has 1 amide bonds. The average molecular weight is 306 g/mol. The van der Waals surface area contributed by atoms with E-state index in [1.54, 1.807) is 0 Å². The topological polar surface area (TPSA) is 64.3 Å². The smallest absolute Gasteiger partial charge is 0.224 e. The van der Waals surface area contributed by atoms with Crippen molar-refractivity contribution >= 4 is 5.91 Å². The number of benzene rings is 1. The number of rotatable bonds is 9. The fourth-order valence-corrected chi connectivity index (χ4v) is 2.45. The van der Waals surface area contributed by atoms with Crippen LogP contribution in [0.15, 0.2) is 30.3 Å². The summed E-state index contributed by atoms with van der Waals surface area (Å²) < 4.78 is 5.69. The van der Waals surface area contributed by atoms with Crippen LogP contribution < -0.4 is 11.1 Å². The van der Waals surface area contributed by atoms with Crippen LogP contribution in [0.1, 0.15) is 45.7 Å². The summed E-state index contributed by atoms with van der Waals surface area (Å²) in [6.45, 7) is 9.45. The Morgan fingerprint density at radius 1 is 1.23 bits per heavy atom. The van der Waals surface area contributed by atoms with Crippen LogP contribution in [0.3, 0.4) is 0 Å². The predicted molar refractivity (Wildman–Crippen MR) is 90.4 cm³/mol. The van der Waals surface area contributed by atoms with Gasteiger partial charge in [-0.15, -0.1) is 0 Å². The van der Waals surface area contributed by atoms with Gasteiger partial charge in [-0.25, -0.2) is 0 Å². The molecular formula is C18H30N2O2. The first-order chi connectivity index (χ1) is 10.5. The number of carbonyl (C=O) groups excluding carboxylic acids is 1. The van der Waals surface area contributed by atoms with Gasteiger partial charge in [-0.05, 0) is 24.8 Å². The zero-order valence-electron chi connectivity index (χ0n) is 14.2. The fourth-order valence-electron chi connectivity index (χ4n) is 2.45. The summed E-state index contributed by atoms with van der Waals surface area (Å²) in [6.07, 6.45) is 1.01. The molecule has 0 aliphatic carbocycles. The third kappa shape index (κ3) is 5.78. The van der Waals surface area contributed by atoms with Crippen LogP contribution in [0.25, 0.3) is 0 Å². The highest BCUT2D eigenvalue weighted by atomic mass is 16.5. The monoisotopic (exact) mass is 306 g/mol. The number of hydrogen-bond acceptors (Lipinski definition) is 3. The molecule has 0 fully saturated rings. The fraction of sp³-hybridized carbons (Fsp3) is 0.611. The predicted octanol–water partition coefficient (Wildman–Crippen LogP) is 2.89. The number of nitrogens with two attached hydrogens (primary N) is 1. The van der Waals surface area contributed by atoms with E-state index in [2.05, 4.69) is 19.2 Å². The van der Waals surface area contributed by atoms with Crippen molar-refractivity contribution in [3.05, 3.63) is 35.9 Å². The summed E-state index contributed by atoms with van der Waals surface area (Å²) in [7, 11) is 0. The molecule has 3 atom stereocenters. The van der Waals surface area contributed by atoms with Crippen LogP contribution in [0.5, 0.6) is 0 Å². The van der Waals surface area contributed by atoms with E-state index in [-0.39, 0.29) is 24.0 Å². The first-order valence-electron chi connectivity index (χ1n) is 8.17. The van der Waals surface area contributed by atoms with E-state index in [9.17, 15) is 4.79 Å². The van der Waals surface area contributed by atoms with Crippen LogP contribution >= 0.6 is 0 Å². The van der Waals surface area contributed by atoms with Crippen molar-refractivity contribution in [3.8, 4) is 0 Å². The van der Waals surface area contributed by atoms with Crippen molar-refractivity contribution in [1.29, 1.82) is 0 Å². The zero-order chi connectivity index (χ0) is 16.5. The van der Waals surface area contributed by atoms with Crippen LogP contribution in [0.4, 0.5) is 0 Å². The molecular weight excluding hydrogens is 276 g/mol. The molecule has 1 aromatic carbocycles. The van der Waals surface area contributed by atoms with Crippen LogP contribution in [-0.2, 0) is 9.53 Å². The van der Waals surface area contributed by atoms with Crippen molar-refractivity contribution in [2.45, 2.75) is 46.3 Å². The van der Waals surface area contributed by atoms with Gasteiger partial charge in [0.25, 0.3) is 0 Å². The van der Waals surface area contributed by atoms with Gasteiger partial charge in [0.05, 0.1) is 12.0 Å². The van der Waals surface area contributed by atoms with Crippen molar-refractivity contribution in [2.24, 2.45) is 17.6 Å². The highest BCUT2D eigenvalue weighted by Gasteiger charge is 2.22. The molecule has 0 saturated carbocycles. The standard InChI is InChI=1S/C18H30N2O2/c1-5-22-16(13(2)3)11-12-20-18(21)14(4)17(19)15-9-7-6-8-10-15/h6-10,13-14,16-17H,5,11-12,19H2,1-4H3,(H,20,21). The minimum atomic E-state index is -0.283. The van der Waals surface area contributed by atoms with E-state index in [4.69, 9.17) is 10.5 Å². The molecule has 4 nitrogen and oxygen atoms in total. The van der Waals surface area contributed by atoms with Gasteiger partial charge in [0.2, 0.25) is 5.91 Å². The second-order valence-electron chi connectivity index (χ2n) is 6.04. The Kier molecular flexibility index (Phi) is 8.13. The Labute approximate surface area is 134 Å². The van der Waals surface area contributed by atoms with E-state index in [1.165, 1.54) is 0 Å². The summed E-state index contributed by atoms with van der Waals surface area (Å²) in [5.41, 5.74) is 7.17. The first kappa shape index (κ1) is 18.7. The Bertz CT molecular complexity index is 434. The SMILES string of the molecule is CCOC(CCNC(=O)C(C)C(N)c1ccccc1)C(C)C. The maximum atomic E-state index is 12.2. The Morgan fingerprint density at radius 2 is 1.86 bits per heavy atom. The number of hydrogen-bond donors (Lipinski definition) is 2. The number of carbonyl (C=O) groups is 1. The third-order valence-corrected chi connectivity index (χ3v) is 3.99. The summed E-state index contributed by atoms with van der Waals surface area (Å²) >= 11 is 0. The molecule has 3 unspecified atom stereocenters. The van der Waals surface area contributed by atoms with Gasteiger partial charge in [0.15, 0.2) is 0 Å². The number of amides is 1. The number of nitrogens with one attached hydrogen (secondary N) is 1. The molecule has 22 heavy (non-hydrogen) atoms. The minimum absolute atomic E-state index is 0.00430. The average Bonchev–Trinajstić information content (AvgIpc) is 2.53. The van der Waals surface area contributed by atoms with Gasteiger partial charge < -0.3 is 15.8 Å². The summed E-state index contributed by atoms with van der Waals surface area (Å²) in [6, 6.07) is 9.45. The second-order valence-corrected chi connectivity index (χ2v) is 6.04. The molecule has 0 radical (unpaired) electrons. The molecule has 3 N–H and O–H groups in total. The first-order valence-corrected chi connectivity index (χ1v) is 8.17. The van der Waals surface area contributed by atoms with E-state index in [1.807, 2.05) is 44.2 Å². The Balaban J connectivity index is 2.44. The van der Waals surface area contributed by atoms with Gasteiger partial charge in [0, 0.05) is 19.2 Å². The van der Waals surface area contributed by atoms with E-state index < -0.39 is 0 Å². The molecule has 0 aliphatic heterocycles. The lowest BCUT2D eigenvalue weighted by Crippen LogP contribution is -2.37. The van der Waals surface area contributed by atoms with Gasteiger partial charge in [-0.1, -0.05) is 51.1 Å². The molecule has 0 spiro atoms. The lowest BCUT2D eigenvalue weighted by molar-refractivity contribution is -0.125. The number of ether oxygens (including phenoxy) is 1. The molecule has 0 heterocycles. The summed E-state index contributed by atoms with van der Waals surface area (Å²) in [5, 5.41) is 2.98. The molecule has 0 bridgehead atoms. The van der Waals surface area contributed by atoms with Gasteiger partial charge in [-0.2, -0.15) is 0 Å². The summed E-state index contributed by atoms with van der Waals surface area (Å²) in [5.74, 6) is 0.184. The van der Waals surface area contributed by atoms with E-state index >= 15 is 0 Å². The van der Waals surface area contributed by atoms with Crippen LogP contribution in [0, 0.1) is 11.8 Å². The van der Waals surface area contributed by atoms with Gasteiger partial charge in [-0.3, -0.25) is 4.79 Å². The molecule has 0 aliphatic rings. The van der Waals surface area contributed by atoms with Crippen LogP contribution in [0.2, 0.25) is 0 Å². The molecule has 1 aromatic rings. The Morgan fingerprint density at radius 3 is 2.41 bits per heavy atom. The molecule has 0 aromatic heterocycles. The molecule has 4 heteroatoms. The maximum Gasteiger partial charge on any atom is 0.224 e. The summed E-state index contributed by atoms with van der Waals surface area (Å²) in [4.78, 5) is 12.2. The lowest BCUT2D eigenvalue weighted by atomic mass is 9.94. The second kappa shape index (κ2) is 9.59. The van der Waals surface area contributed by atoms with Gasteiger partial charge >= 0.3 is 0 Å². The van der Waals surface area contributed by atoms with E-state index in [0.717, 1.165) is 12.0 Å². The molecule has 124 valence electrons. The van der Waals surface area contributed by atoms with Crippen molar-refractivity contribution in [3.63, 3.8) is 0 Å². The van der Waals surface area contributed by atoms with Gasteiger partial charge in [0.1, 0.15) is 0 Å².